The van der Waals surface area contributed by atoms with Gasteiger partial charge in [0, 0.05) is 6.54 Å². The molecule has 1 atom stereocenters. The smallest absolute Gasteiger partial charge is 0.433 e. The summed E-state index contributed by atoms with van der Waals surface area (Å²) in [5, 5.41) is 0.518. The Balaban J connectivity index is 1.39. The minimum Gasteiger partial charge on any atom is -0.497 e. The van der Waals surface area contributed by atoms with Crippen LogP contribution >= 0.6 is 11.3 Å². The third-order valence-corrected chi connectivity index (χ3v) is 7.27. The van der Waals surface area contributed by atoms with Crippen molar-refractivity contribution in [3.63, 3.8) is 0 Å². The molecule has 1 aliphatic heterocycles. The number of hydrogen-bond donors (Lipinski definition) is 0. The van der Waals surface area contributed by atoms with Gasteiger partial charge in [-0.2, -0.15) is 13.2 Å². The number of pyridine rings is 1. The number of ether oxygens (including phenoxy) is 3. The minimum atomic E-state index is -4.66. The van der Waals surface area contributed by atoms with Gasteiger partial charge in [0.05, 0.1) is 17.9 Å². The molecule has 3 heterocycles. The molecule has 1 aliphatic rings. The van der Waals surface area contributed by atoms with Gasteiger partial charge in [-0.15, -0.1) is 11.3 Å². The SMILES string of the molecule is COc1ccc(COc2nc(C(F)(F)F)cc3sc([C@H]4CCCN4C(=O)OCc4ccccc4)nc23)cc1. The number of alkyl halides is 3. The Morgan fingerprint density at radius 1 is 1.05 bits per heavy atom. The first-order chi connectivity index (χ1) is 18.3. The normalized spacial score (nSPS) is 15.6. The summed E-state index contributed by atoms with van der Waals surface area (Å²) in [4.78, 5) is 22.8. The van der Waals surface area contributed by atoms with Gasteiger partial charge in [0.15, 0.2) is 0 Å². The molecule has 0 radical (unpaired) electrons. The number of thiazole rings is 1. The molecule has 1 saturated heterocycles. The van der Waals surface area contributed by atoms with Gasteiger partial charge in [-0.25, -0.2) is 14.8 Å². The van der Waals surface area contributed by atoms with E-state index in [4.69, 9.17) is 14.2 Å². The average Bonchev–Trinajstić information content (AvgIpc) is 3.58. The lowest BCUT2D eigenvalue weighted by molar-refractivity contribution is -0.141. The van der Waals surface area contributed by atoms with E-state index in [-0.39, 0.29) is 29.3 Å². The summed E-state index contributed by atoms with van der Waals surface area (Å²) in [5.41, 5.74) is 0.768. The Kier molecular flexibility index (Phi) is 7.37. The van der Waals surface area contributed by atoms with Gasteiger partial charge in [0.1, 0.15) is 35.2 Å². The fourth-order valence-electron chi connectivity index (χ4n) is 4.22. The third kappa shape index (κ3) is 5.67. The van der Waals surface area contributed by atoms with Crippen molar-refractivity contribution in [1.29, 1.82) is 0 Å². The number of amides is 1. The van der Waals surface area contributed by atoms with Crippen LogP contribution in [0.2, 0.25) is 0 Å². The van der Waals surface area contributed by atoms with Crippen LogP contribution < -0.4 is 9.47 Å². The average molecular weight is 544 g/mol. The number of benzene rings is 2. The number of rotatable bonds is 7. The van der Waals surface area contributed by atoms with E-state index in [0.717, 1.165) is 35.0 Å². The van der Waals surface area contributed by atoms with Crippen molar-refractivity contribution in [2.45, 2.75) is 38.3 Å². The van der Waals surface area contributed by atoms with Crippen LogP contribution in [0.4, 0.5) is 18.0 Å². The summed E-state index contributed by atoms with van der Waals surface area (Å²) in [5.74, 6) is 0.449. The van der Waals surface area contributed by atoms with E-state index in [1.54, 1.807) is 36.3 Å². The zero-order valence-corrected chi connectivity index (χ0v) is 21.2. The number of hydrogen-bond acceptors (Lipinski definition) is 7. The van der Waals surface area contributed by atoms with Crippen molar-refractivity contribution >= 4 is 27.6 Å². The standard InChI is InChI=1S/C27H24F3N3O4S/c1-35-19-11-9-18(10-12-19)15-36-24-23-21(14-22(31-24)27(28,29)30)38-25(32-23)20-8-5-13-33(20)26(34)37-16-17-6-3-2-4-7-17/h2-4,6-7,9-12,14,20H,5,8,13,15-16H2,1H3/t20-/m1/s1. The van der Waals surface area contributed by atoms with Crippen LogP contribution in [0.15, 0.2) is 60.7 Å². The molecule has 4 aromatic rings. The second-order valence-corrected chi connectivity index (χ2v) is 9.80. The fourth-order valence-corrected chi connectivity index (χ4v) is 5.37. The van der Waals surface area contributed by atoms with Crippen molar-refractivity contribution in [2.75, 3.05) is 13.7 Å². The Bertz CT molecular complexity index is 1410. The van der Waals surface area contributed by atoms with Crippen LogP contribution in [0.5, 0.6) is 11.6 Å². The van der Waals surface area contributed by atoms with E-state index in [1.807, 2.05) is 30.3 Å². The van der Waals surface area contributed by atoms with E-state index in [9.17, 15) is 18.0 Å². The van der Waals surface area contributed by atoms with Crippen LogP contribution in [-0.2, 0) is 24.1 Å². The maximum Gasteiger partial charge on any atom is 0.433 e. The van der Waals surface area contributed by atoms with Crippen LogP contribution in [0, 0.1) is 0 Å². The molecule has 198 valence electrons. The van der Waals surface area contributed by atoms with E-state index in [2.05, 4.69) is 9.97 Å². The van der Waals surface area contributed by atoms with Gasteiger partial charge in [-0.3, -0.25) is 4.90 Å². The maximum atomic E-state index is 13.6. The summed E-state index contributed by atoms with van der Waals surface area (Å²) in [6.45, 7) is 0.605. The molecule has 1 fully saturated rings. The Morgan fingerprint density at radius 2 is 1.79 bits per heavy atom. The van der Waals surface area contributed by atoms with E-state index in [0.29, 0.717) is 23.7 Å². The fraction of sp³-hybridized carbons (Fsp3) is 0.296. The summed E-state index contributed by atoms with van der Waals surface area (Å²) in [7, 11) is 1.54. The Hall–Kier alpha value is -3.86. The monoisotopic (exact) mass is 543 g/mol. The number of carbonyl (C=O) groups is 1. The highest BCUT2D eigenvalue weighted by Gasteiger charge is 2.36. The molecule has 5 rings (SSSR count). The van der Waals surface area contributed by atoms with Crippen LogP contribution in [0.25, 0.3) is 10.2 Å². The summed E-state index contributed by atoms with van der Waals surface area (Å²) >= 11 is 1.10. The van der Waals surface area contributed by atoms with Gasteiger partial charge >= 0.3 is 12.3 Å². The lowest BCUT2D eigenvalue weighted by Gasteiger charge is -2.22. The molecule has 0 unspecified atom stereocenters. The molecule has 11 heteroatoms. The molecule has 2 aromatic heterocycles. The van der Waals surface area contributed by atoms with Gasteiger partial charge in [-0.05, 0) is 42.2 Å². The molecule has 1 amide bonds. The van der Waals surface area contributed by atoms with E-state index >= 15 is 0 Å². The van der Waals surface area contributed by atoms with Gasteiger partial charge in [0.25, 0.3) is 0 Å². The number of nitrogens with zero attached hydrogens (tertiary/aromatic N) is 3. The van der Waals surface area contributed by atoms with Crippen molar-refractivity contribution in [1.82, 2.24) is 14.9 Å². The van der Waals surface area contributed by atoms with Crippen molar-refractivity contribution in [2.24, 2.45) is 0 Å². The van der Waals surface area contributed by atoms with Crippen molar-refractivity contribution < 1.29 is 32.2 Å². The number of aromatic nitrogens is 2. The molecule has 7 nitrogen and oxygen atoms in total. The number of methoxy groups -OCH3 is 1. The number of fused-ring (bicyclic) bond motifs is 1. The maximum absolute atomic E-state index is 13.6. The first kappa shape index (κ1) is 25.8. The van der Waals surface area contributed by atoms with Gasteiger partial charge in [-0.1, -0.05) is 42.5 Å². The second-order valence-electron chi connectivity index (χ2n) is 8.74. The molecule has 0 spiro atoms. The second kappa shape index (κ2) is 10.9. The van der Waals surface area contributed by atoms with Gasteiger partial charge in [0.2, 0.25) is 5.88 Å². The van der Waals surface area contributed by atoms with E-state index in [1.165, 1.54) is 0 Å². The topological polar surface area (TPSA) is 73.8 Å². The largest absolute Gasteiger partial charge is 0.497 e. The highest BCUT2D eigenvalue weighted by atomic mass is 32.1. The Morgan fingerprint density at radius 3 is 2.50 bits per heavy atom. The number of carbonyl (C=O) groups excluding carboxylic acids is 1. The lowest BCUT2D eigenvalue weighted by Crippen LogP contribution is -2.31. The summed E-state index contributed by atoms with van der Waals surface area (Å²) < 4.78 is 57.5. The predicted molar refractivity (Wildman–Crippen MR) is 135 cm³/mol. The number of halogens is 3. The molecule has 38 heavy (non-hydrogen) atoms. The zero-order chi connectivity index (χ0) is 26.7. The molecule has 0 saturated carbocycles. The molecule has 2 aromatic carbocycles. The first-order valence-electron chi connectivity index (χ1n) is 11.9. The van der Waals surface area contributed by atoms with Crippen LogP contribution in [0.3, 0.4) is 0 Å². The van der Waals surface area contributed by atoms with Crippen LogP contribution in [0.1, 0.15) is 40.7 Å². The first-order valence-corrected chi connectivity index (χ1v) is 12.7. The molecular weight excluding hydrogens is 519 g/mol. The zero-order valence-electron chi connectivity index (χ0n) is 20.4. The molecule has 0 aliphatic carbocycles. The lowest BCUT2D eigenvalue weighted by atomic mass is 10.2. The Labute approximate surface area is 220 Å². The van der Waals surface area contributed by atoms with Crippen LogP contribution in [-0.4, -0.2) is 34.6 Å². The third-order valence-electron chi connectivity index (χ3n) is 6.16. The highest BCUT2D eigenvalue weighted by molar-refractivity contribution is 7.18. The number of likely N-dealkylation sites (tertiary alicyclic amines) is 1. The van der Waals surface area contributed by atoms with Crippen molar-refractivity contribution in [3.8, 4) is 11.6 Å². The summed E-state index contributed by atoms with van der Waals surface area (Å²) in [6.07, 6.45) is -3.78. The quantitative estimate of drug-likeness (QED) is 0.256. The molecule has 0 N–H and O–H groups in total. The minimum absolute atomic E-state index is 0.00162. The predicted octanol–water partition coefficient (Wildman–Crippen LogP) is 6.77. The van der Waals surface area contributed by atoms with Crippen molar-refractivity contribution in [3.05, 3.63) is 82.5 Å². The van der Waals surface area contributed by atoms with Gasteiger partial charge < -0.3 is 14.2 Å². The highest BCUT2D eigenvalue weighted by Crippen LogP contribution is 2.41. The van der Waals surface area contributed by atoms with E-state index < -0.39 is 24.0 Å². The molecular formula is C27H24F3N3O4S. The molecule has 0 bridgehead atoms. The summed E-state index contributed by atoms with van der Waals surface area (Å²) in [6, 6.07) is 16.9.